The molecule has 0 radical (unpaired) electrons. The molecule has 3 heterocycles. The number of aromatic nitrogens is 4. The Bertz CT molecular complexity index is 1220. The lowest BCUT2D eigenvalue weighted by Crippen LogP contribution is -2.16. The molecule has 1 fully saturated rings. The SMILES string of the molecule is O=C(/C=C/c1cn(Cc2ccccc2)nn1)Nc1ccc2nc(N3CCCC3)sc2c1. The molecule has 31 heavy (non-hydrogen) atoms. The van der Waals surface area contributed by atoms with Crippen molar-refractivity contribution in [2.24, 2.45) is 0 Å². The minimum absolute atomic E-state index is 0.207. The summed E-state index contributed by atoms with van der Waals surface area (Å²) >= 11 is 1.67. The van der Waals surface area contributed by atoms with E-state index in [9.17, 15) is 4.79 Å². The van der Waals surface area contributed by atoms with E-state index in [1.807, 2.05) is 54.7 Å². The van der Waals surface area contributed by atoms with Gasteiger partial charge in [-0.1, -0.05) is 46.9 Å². The maximum atomic E-state index is 12.4. The zero-order valence-corrected chi connectivity index (χ0v) is 17.8. The number of fused-ring (bicyclic) bond motifs is 1. The molecule has 1 N–H and O–H groups in total. The van der Waals surface area contributed by atoms with Crippen molar-refractivity contribution in [3.63, 3.8) is 0 Å². The summed E-state index contributed by atoms with van der Waals surface area (Å²) in [5.41, 5.74) is 3.51. The molecule has 8 heteroatoms. The maximum absolute atomic E-state index is 12.4. The van der Waals surface area contributed by atoms with Crippen molar-refractivity contribution in [2.45, 2.75) is 19.4 Å². The van der Waals surface area contributed by atoms with E-state index in [0.717, 1.165) is 39.7 Å². The number of hydrogen-bond acceptors (Lipinski definition) is 6. The molecule has 0 spiro atoms. The first-order chi connectivity index (χ1) is 15.2. The summed E-state index contributed by atoms with van der Waals surface area (Å²) in [6.07, 6.45) is 7.41. The highest BCUT2D eigenvalue weighted by molar-refractivity contribution is 7.22. The van der Waals surface area contributed by atoms with Crippen molar-refractivity contribution in [1.82, 2.24) is 20.0 Å². The lowest BCUT2D eigenvalue weighted by atomic mass is 10.2. The molecule has 1 saturated heterocycles. The molecular weight excluding hydrogens is 408 g/mol. The number of nitrogens with one attached hydrogen (secondary N) is 1. The van der Waals surface area contributed by atoms with Crippen molar-refractivity contribution in [3.8, 4) is 0 Å². The van der Waals surface area contributed by atoms with Crippen molar-refractivity contribution < 1.29 is 4.79 Å². The second-order valence-electron chi connectivity index (χ2n) is 7.52. The number of amides is 1. The standard InChI is InChI=1S/C23H22N6OS/c30-22(11-9-19-16-29(27-26-19)15-17-6-2-1-3-7-17)24-18-8-10-20-21(14-18)31-23(25-20)28-12-4-5-13-28/h1-3,6-11,14,16H,4-5,12-13,15H2,(H,24,30)/b11-9+. The van der Waals surface area contributed by atoms with Crippen LogP contribution in [-0.2, 0) is 11.3 Å². The molecule has 4 aromatic rings. The first-order valence-electron chi connectivity index (χ1n) is 10.3. The Kier molecular flexibility index (Phi) is 5.45. The number of carbonyl (C=O) groups excluding carboxylic acids is 1. The molecule has 1 aliphatic heterocycles. The highest BCUT2D eigenvalue weighted by Gasteiger charge is 2.16. The Labute approximate surface area is 184 Å². The van der Waals surface area contributed by atoms with Gasteiger partial charge in [0, 0.05) is 24.9 Å². The van der Waals surface area contributed by atoms with Gasteiger partial charge in [-0.2, -0.15) is 0 Å². The van der Waals surface area contributed by atoms with Crippen LogP contribution >= 0.6 is 11.3 Å². The third-order valence-corrected chi connectivity index (χ3v) is 6.25. The summed E-state index contributed by atoms with van der Waals surface area (Å²) in [6.45, 7) is 2.79. The number of anilines is 2. The Balaban J connectivity index is 1.22. The zero-order valence-electron chi connectivity index (χ0n) is 16.9. The van der Waals surface area contributed by atoms with Gasteiger partial charge in [-0.25, -0.2) is 9.67 Å². The van der Waals surface area contributed by atoms with E-state index in [4.69, 9.17) is 4.98 Å². The van der Waals surface area contributed by atoms with E-state index >= 15 is 0 Å². The average molecular weight is 431 g/mol. The molecule has 0 aliphatic carbocycles. The first kappa shape index (κ1) is 19.4. The van der Waals surface area contributed by atoms with Gasteiger partial charge in [0.25, 0.3) is 0 Å². The van der Waals surface area contributed by atoms with E-state index in [1.54, 1.807) is 22.1 Å². The lowest BCUT2D eigenvalue weighted by Gasteiger charge is -2.11. The number of benzene rings is 2. The van der Waals surface area contributed by atoms with Gasteiger partial charge >= 0.3 is 0 Å². The number of nitrogens with zero attached hydrogens (tertiary/aromatic N) is 5. The molecular formula is C23H22N6OS. The van der Waals surface area contributed by atoms with Crippen LogP contribution in [-0.4, -0.2) is 39.0 Å². The molecule has 0 bridgehead atoms. The average Bonchev–Trinajstić information content (AvgIpc) is 3.53. The van der Waals surface area contributed by atoms with Gasteiger partial charge in [-0.3, -0.25) is 4.79 Å². The summed E-state index contributed by atoms with van der Waals surface area (Å²) in [7, 11) is 0. The highest BCUT2D eigenvalue weighted by Crippen LogP contribution is 2.32. The van der Waals surface area contributed by atoms with Crippen LogP contribution in [0.2, 0.25) is 0 Å². The topological polar surface area (TPSA) is 75.9 Å². The summed E-state index contributed by atoms with van der Waals surface area (Å²) in [6, 6.07) is 15.9. The normalized spacial score (nSPS) is 14.0. The Morgan fingerprint density at radius 3 is 2.81 bits per heavy atom. The summed E-state index contributed by atoms with van der Waals surface area (Å²) in [5, 5.41) is 12.2. The predicted molar refractivity (Wildman–Crippen MR) is 124 cm³/mol. The molecule has 0 saturated carbocycles. The lowest BCUT2D eigenvalue weighted by molar-refractivity contribution is -0.111. The van der Waals surface area contributed by atoms with E-state index in [0.29, 0.717) is 12.2 Å². The summed E-state index contributed by atoms with van der Waals surface area (Å²) < 4.78 is 2.83. The predicted octanol–water partition coefficient (Wildman–Crippen LogP) is 4.19. The quantitative estimate of drug-likeness (QED) is 0.464. The minimum atomic E-state index is -0.207. The molecule has 7 nitrogen and oxygen atoms in total. The Morgan fingerprint density at radius 2 is 1.97 bits per heavy atom. The molecule has 0 unspecified atom stereocenters. The second-order valence-corrected chi connectivity index (χ2v) is 8.53. The van der Waals surface area contributed by atoms with Crippen LogP contribution in [0.5, 0.6) is 0 Å². The summed E-state index contributed by atoms with van der Waals surface area (Å²) in [4.78, 5) is 19.4. The van der Waals surface area contributed by atoms with Gasteiger partial charge in [0.1, 0.15) is 5.69 Å². The molecule has 2 aromatic heterocycles. The maximum Gasteiger partial charge on any atom is 0.248 e. The van der Waals surface area contributed by atoms with Crippen molar-refractivity contribution in [2.75, 3.05) is 23.3 Å². The second kappa shape index (κ2) is 8.69. The van der Waals surface area contributed by atoms with Gasteiger partial charge in [0.2, 0.25) is 5.91 Å². The molecule has 1 aliphatic rings. The van der Waals surface area contributed by atoms with Crippen molar-refractivity contribution >= 4 is 44.4 Å². The van der Waals surface area contributed by atoms with Crippen LogP contribution in [0.3, 0.4) is 0 Å². The van der Waals surface area contributed by atoms with Crippen LogP contribution in [0.25, 0.3) is 16.3 Å². The van der Waals surface area contributed by atoms with Crippen LogP contribution in [0.4, 0.5) is 10.8 Å². The molecule has 5 rings (SSSR count). The van der Waals surface area contributed by atoms with Gasteiger partial charge < -0.3 is 10.2 Å². The fourth-order valence-electron chi connectivity index (χ4n) is 3.62. The third-order valence-electron chi connectivity index (χ3n) is 5.17. The summed E-state index contributed by atoms with van der Waals surface area (Å²) in [5.74, 6) is -0.207. The number of hydrogen-bond donors (Lipinski definition) is 1. The van der Waals surface area contributed by atoms with E-state index in [2.05, 4.69) is 20.5 Å². The minimum Gasteiger partial charge on any atom is -0.348 e. The largest absolute Gasteiger partial charge is 0.348 e. The molecule has 0 atom stereocenters. The van der Waals surface area contributed by atoms with Crippen LogP contribution in [0.15, 0.2) is 60.8 Å². The number of carbonyl (C=O) groups is 1. The van der Waals surface area contributed by atoms with E-state index < -0.39 is 0 Å². The fraction of sp³-hybridized carbons (Fsp3) is 0.217. The van der Waals surface area contributed by atoms with E-state index in [1.165, 1.54) is 18.9 Å². The zero-order chi connectivity index (χ0) is 21.0. The van der Waals surface area contributed by atoms with Gasteiger partial charge in [0.05, 0.1) is 23.0 Å². The highest BCUT2D eigenvalue weighted by atomic mass is 32.1. The first-order valence-corrected chi connectivity index (χ1v) is 11.1. The van der Waals surface area contributed by atoms with Crippen molar-refractivity contribution in [1.29, 1.82) is 0 Å². The molecule has 2 aromatic carbocycles. The van der Waals surface area contributed by atoms with E-state index in [-0.39, 0.29) is 5.91 Å². The van der Waals surface area contributed by atoms with Gasteiger partial charge in [0.15, 0.2) is 5.13 Å². The van der Waals surface area contributed by atoms with Crippen molar-refractivity contribution in [3.05, 3.63) is 72.1 Å². The smallest absolute Gasteiger partial charge is 0.248 e. The number of rotatable bonds is 6. The van der Waals surface area contributed by atoms with Crippen LogP contribution < -0.4 is 10.2 Å². The fourth-order valence-corrected chi connectivity index (χ4v) is 4.67. The number of thiazole rings is 1. The molecule has 1 amide bonds. The van der Waals surface area contributed by atoms with Gasteiger partial charge in [-0.05, 0) is 42.7 Å². The van der Waals surface area contributed by atoms with Crippen LogP contribution in [0, 0.1) is 0 Å². The van der Waals surface area contributed by atoms with Crippen LogP contribution in [0.1, 0.15) is 24.1 Å². The Hall–Kier alpha value is -3.52. The molecule has 156 valence electrons. The van der Waals surface area contributed by atoms with Gasteiger partial charge in [-0.15, -0.1) is 5.10 Å². The monoisotopic (exact) mass is 430 g/mol. The Morgan fingerprint density at radius 1 is 1.13 bits per heavy atom. The third kappa shape index (κ3) is 4.64.